The van der Waals surface area contributed by atoms with Gasteiger partial charge in [-0.05, 0) is 40.8 Å². The summed E-state index contributed by atoms with van der Waals surface area (Å²) < 4.78 is 7.36. The lowest BCUT2D eigenvalue weighted by molar-refractivity contribution is 0.102. The predicted octanol–water partition coefficient (Wildman–Crippen LogP) is 3.67. The van der Waals surface area contributed by atoms with E-state index in [0.717, 1.165) is 3.57 Å². The highest BCUT2D eigenvalue weighted by molar-refractivity contribution is 14.1. The Morgan fingerprint density at radius 1 is 1.45 bits per heavy atom. The first kappa shape index (κ1) is 15.8. The van der Waals surface area contributed by atoms with Gasteiger partial charge in [-0.3, -0.25) is 9.48 Å². The van der Waals surface area contributed by atoms with Crippen molar-refractivity contribution in [2.45, 2.75) is 6.54 Å². The number of carbonyl (C=O) groups excluding carboxylic acids is 1. The zero-order valence-corrected chi connectivity index (χ0v) is 14.2. The van der Waals surface area contributed by atoms with Crippen LogP contribution in [0.15, 0.2) is 24.4 Å². The van der Waals surface area contributed by atoms with Crippen molar-refractivity contribution in [1.82, 2.24) is 9.78 Å². The fourth-order valence-corrected chi connectivity index (χ4v) is 2.71. The first-order valence-electron chi connectivity index (χ1n) is 5.74. The van der Waals surface area contributed by atoms with E-state index in [0.29, 0.717) is 34.5 Å². The largest absolute Gasteiger partial charge is 0.383 e. The molecule has 0 atom stereocenters. The molecule has 20 heavy (non-hydrogen) atoms. The normalized spacial score (nSPS) is 10.8. The number of benzene rings is 1. The van der Waals surface area contributed by atoms with E-state index >= 15 is 0 Å². The van der Waals surface area contributed by atoms with Crippen LogP contribution in [0.4, 0.5) is 0 Å². The number of ketones is 1. The minimum absolute atomic E-state index is 0.199. The number of ether oxygens (including phenoxy) is 1. The van der Waals surface area contributed by atoms with E-state index in [-0.39, 0.29) is 5.78 Å². The summed E-state index contributed by atoms with van der Waals surface area (Å²) in [7, 11) is 1.59. The van der Waals surface area contributed by atoms with E-state index in [4.69, 9.17) is 27.9 Å². The summed E-state index contributed by atoms with van der Waals surface area (Å²) in [5, 5.41) is 4.93. The third-order valence-electron chi connectivity index (χ3n) is 2.69. The van der Waals surface area contributed by atoms with Crippen molar-refractivity contribution < 1.29 is 9.53 Å². The fraction of sp³-hybridized carbons (Fsp3) is 0.231. The molecule has 0 amide bonds. The summed E-state index contributed by atoms with van der Waals surface area (Å²) in [5.74, 6) is -0.199. The maximum Gasteiger partial charge on any atom is 0.213 e. The molecule has 0 aliphatic rings. The Hall–Kier alpha value is -0.630. The molecule has 4 nitrogen and oxygen atoms in total. The molecule has 0 aliphatic carbocycles. The molecule has 106 valence electrons. The Morgan fingerprint density at radius 3 is 2.90 bits per heavy atom. The van der Waals surface area contributed by atoms with E-state index in [1.165, 1.54) is 6.20 Å². The molecule has 1 aromatic carbocycles. The molecular weight excluding hydrogens is 414 g/mol. The fourth-order valence-electron chi connectivity index (χ4n) is 1.73. The molecular formula is C13H11Cl2IN2O2. The molecule has 2 aromatic rings. The predicted molar refractivity (Wildman–Crippen MR) is 86.7 cm³/mol. The maximum absolute atomic E-state index is 12.6. The zero-order chi connectivity index (χ0) is 14.7. The second kappa shape index (κ2) is 6.89. The summed E-state index contributed by atoms with van der Waals surface area (Å²) in [6.07, 6.45) is 1.46. The Kier molecular flexibility index (Phi) is 5.42. The van der Waals surface area contributed by atoms with Gasteiger partial charge in [-0.25, -0.2) is 0 Å². The van der Waals surface area contributed by atoms with Crippen LogP contribution in [0.5, 0.6) is 0 Å². The monoisotopic (exact) mass is 424 g/mol. The molecule has 0 saturated carbocycles. The number of hydrogen-bond acceptors (Lipinski definition) is 3. The molecule has 0 unspecified atom stereocenters. The van der Waals surface area contributed by atoms with Crippen molar-refractivity contribution >= 4 is 51.6 Å². The van der Waals surface area contributed by atoms with Gasteiger partial charge in [0, 0.05) is 21.3 Å². The van der Waals surface area contributed by atoms with Gasteiger partial charge in [0.15, 0.2) is 0 Å². The Balaban J connectivity index is 2.42. The van der Waals surface area contributed by atoms with E-state index in [2.05, 4.69) is 27.7 Å². The second-order valence-corrected chi connectivity index (χ2v) is 6.02. The summed E-state index contributed by atoms with van der Waals surface area (Å²) >= 11 is 14.1. The van der Waals surface area contributed by atoms with Gasteiger partial charge < -0.3 is 4.74 Å². The van der Waals surface area contributed by atoms with Gasteiger partial charge in [-0.1, -0.05) is 23.2 Å². The smallest absolute Gasteiger partial charge is 0.213 e. The number of rotatable bonds is 5. The maximum atomic E-state index is 12.6. The number of methoxy groups -OCH3 is 1. The lowest BCUT2D eigenvalue weighted by Crippen LogP contribution is -2.15. The van der Waals surface area contributed by atoms with E-state index in [1.54, 1.807) is 30.0 Å². The highest BCUT2D eigenvalue weighted by atomic mass is 127. The van der Waals surface area contributed by atoms with Crippen LogP contribution < -0.4 is 0 Å². The van der Waals surface area contributed by atoms with Crippen molar-refractivity contribution in [2.24, 2.45) is 0 Å². The molecule has 0 fully saturated rings. The minimum Gasteiger partial charge on any atom is -0.383 e. The first-order valence-corrected chi connectivity index (χ1v) is 7.58. The molecule has 2 rings (SSSR count). The molecule has 0 saturated heterocycles. The highest BCUT2D eigenvalue weighted by Gasteiger charge is 2.21. The Bertz CT molecular complexity index is 643. The van der Waals surface area contributed by atoms with Crippen LogP contribution in [0.2, 0.25) is 10.0 Å². The highest BCUT2D eigenvalue weighted by Crippen LogP contribution is 2.24. The van der Waals surface area contributed by atoms with Crippen molar-refractivity contribution in [3.63, 3.8) is 0 Å². The Labute approximate surface area is 140 Å². The summed E-state index contributed by atoms with van der Waals surface area (Å²) in [5.41, 5.74) is 0.864. The van der Waals surface area contributed by atoms with Crippen LogP contribution in [0, 0.1) is 3.57 Å². The molecule has 1 heterocycles. The average molecular weight is 425 g/mol. The van der Waals surface area contributed by atoms with Crippen LogP contribution in [0.25, 0.3) is 0 Å². The summed E-state index contributed by atoms with van der Waals surface area (Å²) in [6.45, 7) is 0.909. The van der Waals surface area contributed by atoms with Crippen LogP contribution in [-0.2, 0) is 11.3 Å². The van der Waals surface area contributed by atoms with E-state index in [9.17, 15) is 4.79 Å². The van der Waals surface area contributed by atoms with Crippen molar-refractivity contribution in [1.29, 1.82) is 0 Å². The summed E-state index contributed by atoms with van der Waals surface area (Å²) in [6, 6.07) is 5.17. The van der Waals surface area contributed by atoms with Crippen LogP contribution in [0.3, 0.4) is 0 Å². The molecule has 1 aromatic heterocycles. The van der Waals surface area contributed by atoms with Crippen molar-refractivity contribution in [3.8, 4) is 0 Å². The molecule has 0 aliphatic heterocycles. The lowest BCUT2D eigenvalue weighted by atomic mass is 10.1. The SMILES string of the molecule is COCCn1ncc(Cl)c1C(=O)c1cc(Cl)ccc1I. The van der Waals surface area contributed by atoms with Gasteiger partial charge in [0.25, 0.3) is 0 Å². The standard InChI is InChI=1S/C13H11Cl2IN2O2/c1-20-5-4-18-12(10(15)7-17-18)13(19)9-6-8(14)2-3-11(9)16/h2-3,6-7H,4-5H2,1H3. The van der Waals surface area contributed by atoms with Crippen LogP contribution in [0.1, 0.15) is 16.1 Å². The number of aromatic nitrogens is 2. The van der Waals surface area contributed by atoms with E-state index < -0.39 is 0 Å². The second-order valence-electron chi connectivity index (χ2n) is 4.01. The molecule has 0 radical (unpaired) electrons. The van der Waals surface area contributed by atoms with Crippen LogP contribution >= 0.6 is 45.8 Å². The van der Waals surface area contributed by atoms with Crippen LogP contribution in [-0.4, -0.2) is 29.3 Å². The van der Waals surface area contributed by atoms with Crippen molar-refractivity contribution in [3.05, 3.63) is 49.3 Å². The molecule has 0 N–H and O–H groups in total. The minimum atomic E-state index is -0.199. The van der Waals surface area contributed by atoms with Gasteiger partial charge >= 0.3 is 0 Å². The average Bonchev–Trinajstić information content (AvgIpc) is 2.79. The van der Waals surface area contributed by atoms with Gasteiger partial charge in [0.05, 0.1) is 24.4 Å². The topological polar surface area (TPSA) is 44.1 Å². The summed E-state index contributed by atoms with van der Waals surface area (Å²) in [4.78, 5) is 12.6. The third kappa shape index (κ3) is 3.33. The van der Waals surface area contributed by atoms with E-state index in [1.807, 2.05) is 0 Å². The molecule has 7 heteroatoms. The number of halogens is 3. The van der Waals surface area contributed by atoms with Gasteiger partial charge in [0.2, 0.25) is 5.78 Å². The first-order chi connectivity index (χ1) is 9.54. The molecule has 0 spiro atoms. The number of hydrogen-bond donors (Lipinski definition) is 0. The Morgan fingerprint density at radius 2 is 2.20 bits per heavy atom. The lowest BCUT2D eigenvalue weighted by Gasteiger charge is -2.08. The van der Waals surface area contributed by atoms with Gasteiger partial charge in [-0.2, -0.15) is 5.10 Å². The number of nitrogens with zero attached hydrogens (tertiary/aromatic N) is 2. The van der Waals surface area contributed by atoms with Gasteiger partial charge in [-0.15, -0.1) is 0 Å². The number of carbonyl (C=O) groups is 1. The third-order valence-corrected chi connectivity index (χ3v) is 4.14. The van der Waals surface area contributed by atoms with Crippen molar-refractivity contribution in [2.75, 3.05) is 13.7 Å². The zero-order valence-electron chi connectivity index (χ0n) is 10.6. The quantitative estimate of drug-likeness (QED) is 0.543. The molecule has 0 bridgehead atoms. The van der Waals surface area contributed by atoms with Gasteiger partial charge in [0.1, 0.15) is 5.69 Å².